The molecule has 11 heteroatoms. The Morgan fingerprint density at radius 1 is 1.00 bits per heavy atom. The van der Waals surface area contributed by atoms with E-state index in [0.29, 0.717) is 0 Å². The minimum Gasteiger partial charge on any atom is -0.481 e. The Bertz CT molecular complexity index is 754. The fraction of sp³-hybridized carbons (Fsp3) is 0.389. The average Bonchev–Trinajstić information content (AvgIpc) is 2.65. The van der Waals surface area contributed by atoms with Gasteiger partial charge in [-0.25, -0.2) is 4.79 Å². The van der Waals surface area contributed by atoms with Crippen LogP contribution >= 0.6 is 0 Å². The van der Waals surface area contributed by atoms with Crippen LogP contribution < -0.4 is 21.7 Å². The van der Waals surface area contributed by atoms with Crippen LogP contribution in [0.5, 0.6) is 0 Å². The number of hydrogen-bond donors (Lipinski definition) is 6. The van der Waals surface area contributed by atoms with Gasteiger partial charge in [0.25, 0.3) is 0 Å². The lowest BCUT2D eigenvalue weighted by molar-refractivity contribution is -0.147. The molecule has 0 aliphatic carbocycles. The molecular weight excluding hydrogens is 384 g/mol. The molecule has 0 aliphatic heterocycles. The second kappa shape index (κ2) is 11.4. The van der Waals surface area contributed by atoms with Gasteiger partial charge in [-0.15, -0.1) is 0 Å². The summed E-state index contributed by atoms with van der Waals surface area (Å²) in [6.07, 6.45) is -0.523. The van der Waals surface area contributed by atoms with Gasteiger partial charge in [-0.2, -0.15) is 0 Å². The van der Waals surface area contributed by atoms with Crippen LogP contribution in [0.25, 0.3) is 0 Å². The van der Waals surface area contributed by atoms with E-state index in [1.165, 1.54) is 6.92 Å². The first-order valence-electron chi connectivity index (χ1n) is 8.71. The van der Waals surface area contributed by atoms with Crippen LogP contribution in [0.2, 0.25) is 0 Å². The summed E-state index contributed by atoms with van der Waals surface area (Å²) >= 11 is 0. The number of carboxylic acids is 2. The molecule has 7 N–H and O–H groups in total. The summed E-state index contributed by atoms with van der Waals surface area (Å²) in [4.78, 5) is 57.3. The number of benzene rings is 1. The summed E-state index contributed by atoms with van der Waals surface area (Å²) in [5.74, 6) is -5.03. The molecular formula is C18H24N4O7. The molecule has 0 spiro atoms. The molecule has 3 atom stereocenters. The Morgan fingerprint density at radius 2 is 1.62 bits per heavy atom. The monoisotopic (exact) mass is 408 g/mol. The zero-order chi connectivity index (χ0) is 22.0. The maximum atomic E-state index is 12.1. The molecule has 0 radical (unpaired) electrons. The Kier molecular flexibility index (Phi) is 9.26. The number of carbonyl (C=O) groups is 5. The van der Waals surface area contributed by atoms with Crippen LogP contribution in [0.4, 0.5) is 0 Å². The molecule has 1 rings (SSSR count). The van der Waals surface area contributed by atoms with Gasteiger partial charge in [0, 0.05) is 0 Å². The van der Waals surface area contributed by atoms with Crippen LogP contribution in [0.15, 0.2) is 30.3 Å². The highest BCUT2D eigenvalue weighted by Crippen LogP contribution is 2.02. The maximum Gasteiger partial charge on any atom is 0.326 e. The van der Waals surface area contributed by atoms with Gasteiger partial charge in [0.1, 0.15) is 12.1 Å². The van der Waals surface area contributed by atoms with E-state index in [9.17, 15) is 24.0 Å². The minimum atomic E-state index is -1.62. The Morgan fingerprint density at radius 3 is 2.17 bits per heavy atom. The van der Waals surface area contributed by atoms with Crippen LogP contribution in [0, 0.1) is 0 Å². The number of hydrogen-bond acceptors (Lipinski definition) is 6. The fourth-order valence-corrected chi connectivity index (χ4v) is 2.29. The molecule has 29 heavy (non-hydrogen) atoms. The van der Waals surface area contributed by atoms with Gasteiger partial charge in [0.2, 0.25) is 17.7 Å². The highest BCUT2D eigenvalue weighted by molar-refractivity contribution is 5.92. The summed E-state index contributed by atoms with van der Waals surface area (Å²) < 4.78 is 0. The van der Waals surface area contributed by atoms with E-state index >= 15 is 0 Å². The van der Waals surface area contributed by atoms with Crippen molar-refractivity contribution in [2.24, 2.45) is 5.73 Å². The number of carbonyl (C=O) groups excluding carboxylic acids is 3. The van der Waals surface area contributed by atoms with Crippen LogP contribution in [0.1, 0.15) is 18.9 Å². The van der Waals surface area contributed by atoms with Crippen molar-refractivity contribution in [2.45, 2.75) is 37.9 Å². The van der Waals surface area contributed by atoms with E-state index in [-0.39, 0.29) is 6.42 Å². The van der Waals surface area contributed by atoms with Gasteiger partial charge >= 0.3 is 11.9 Å². The van der Waals surface area contributed by atoms with Crippen molar-refractivity contribution in [1.82, 2.24) is 16.0 Å². The largest absolute Gasteiger partial charge is 0.481 e. The van der Waals surface area contributed by atoms with Crippen LogP contribution in [-0.4, -0.2) is 64.5 Å². The molecule has 1 aromatic rings. The van der Waals surface area contributed by atoms with Gasteiger partial charge < -0.3 is 31.9 Å². The zero-order valence-corrected chi connectivity index (χ0v) is 15.8. The van der Waals surface area contributed by atoms with E-state index < -0.39 is 60.8 Å². The number of carboxylic acid groups (broad SMARTS) is 2. The van der Waals surface area contributed by atoms with Crippen molar-refractivity contribution < 1.29 is 34.2 Å². The first kappa shape index (κ1) is 23.6. The lowest BCUT2D eigenvalue weighted by atomic mass is 10.1. The molecule has 0 fully saturated rings. The van der Waals surface area contributed by atoms with Crippen LogP contribution in [-0.2, 0) is 30.4 Å². The molecule has 1 aromatic carbocycles. The Labute approximate surface area is 166 Å². The highest BCUT2D eigenvalue weighted by atomic mass is 16.4. The van der Waals surface area contributed by atoms with Gasteiger partial charge in [-0.05, 0) is 18.9 Å². The molecule has 0 aliphatic rings. The SMILES string of the molecule is CC(NC(=O)C(N)Cc1ccccc1)C(=O)NCC(=O)NC(CC(=O)O)C(=O)O. The van der Waals surface area contributed by atoms with Gasteiger partial charge in [0.15, 0.2) is 0 Å². The van der Waals surface area contributed by atoms with E-state index in [4.69, 9.17) is 15.9 Å². The molecule has 3 amide bonds. The molecule has 0 saturated carbocycles. The number of nitrogens with two attached hydrogens (primary N) is 1. The Hall–Kier alpha value is -3.47. The highest BCUT2D eigenvalue weighted by Gasteiger charge is 2.24. The third-order valence-corrected chi connectivity index (χ3v) is 3.82. The van der Waals surface area contributed by atoms with E-state index in [1.54, 1.807) is 0 Å². The predicted octanol–water partition coefficient (Wildman–Crippen LogP) is -1.78. The molecule has 3 unspecified atom stereocenters. The molecule has 0 aromatic heterocycles. The predicted molar refractivity (Wildman–Crippen MR) is 101 cm³/mol. The summed E-state index contributed by atoms with van der Waals surface area (Å²) in [5.41, 5.74) is 6.69. The lowest BCUT2D eigenvalue weighted by Gasteiger charge is -2.18. The normalized spacial score (nSPS) is 13.4. The molecule has 158 valence electrons. The first-order valence-corrected chi connectivity index (χ1v) is 8.71. The summed E-state index contributed by atoms with van der Waals surface area (Å²) in [6.45, 7) is 0.809. The third kappa shape index (κ3) is 8.84. The minimum absolute atomic E-state index is 0.281. The summed E-state index contributed by atoms with van der Waals surface area (Å²) in [6, 6.07) is 5.60. The van der Waals surface area contributed by atoms with Crippen LogP contribution in [0.3, 0.4) is 0 Å². The second-order valence-corrected chi connectivity index (χ2v) is 6.30. The van der Waals surface area contributed by atoms with Crippen molar-refractivity contribution in [3.63, 3.8) is 0 Å². The summed E-state index contributed by atoms with van der Waals surface area (Å²) in [7, 11) is 0. The van der Waals surface area contributed by atoms with Gasteiger partial charge in [-0.3, -0.25) is 19.2 Å². The zero-order valence-electron chi connectivity index (χ0n) is 15.8. The second-order valence-electron chi connectivity index (χ2n) is 6.30. The number of nitrogens with one attached hydrogen (secondary N) is 3. The van der Waals surface area contributed by atoms with Crippen molar-refractivity contribution in [2.75, 3.05) is 6.54 Å². The van der Waals surface area contributed by atoms with E-state index in [2.05, 4.69) is 10.6 Å². The topological polar surface area (TPSA) is 188 Å². The summed E-state index contributed by atoms with van der Waals surface area (Å²) in [5, 5.41) is 24.1. The standard InChI is InChI=1S/C18H24N4O7/c1-10(21-17(27)12(19)7-11-5-3-2-4-6-11)16(26)20-9-14(23)22-13(18(28)29)8-15(24)25/h2-6,10,12-13H,7-9,19H2,1H3,(H,20,26)(H,21,27)(H,22,23)(H,24,25)(H,28,29). The average molecular weight is 408 g/mol. The molecule has 11 nitrogen and oxygen atoms in total. The van der Waals surface area contributed by atoms with Crippen molar-refractivity contribution in [3.05, 3.63) is 35.9 Å². The number of amides is 3. The van der Waals surface area contributed by atoms with Crippen molar-refractivity contribution in [1.29, 1.82) is 0 Å². The van der Waals surface area contributed by atoms with Crippen molar-refractivity contribution >= 4 is 29.7 Å². The fourth-order valence-electron chi connectivity index (χ4n) is 2.29. The molecule has 0 bridgehead atoms. The lowest BCUT2D eigenvalue weighted by Crippen LogP contribution is -2.52. The smallest absolute Gasteiger partial charge is 0.326 e. The quantitative estimate of drug-likeness (QED) is 0.248. The van der Waals surface area contributed by atoms with E-state index in [0.717, 1.165) is 5.56 Å². The maximum absolute atomic E-state index is 12.1. The molecule has 0 saturated heterocycles. The molecule has 0 heterocycles. The van der Waals surface area contributed by atoms with Crippen molar-refractivity contribution in [3.8, 4) is 0 Å². The Balaban J connectivity index is 2.44. The third-order valence-electron chi connectivity index (χ3n) is 3.82. The van der Waals surface area contributed by atoms with E-state index in [1.807, 2.05) is 35.6 Å². The van der Waals surface area contributed by atoms with Gasteiger partial charge in [0.05, 0.1) is 19.0 Å². The number of rotatable bonds is 11. The first-order chi connectivity index (χ1) is 13.6. The number of aliphatic carboxylic acids is 2. The van der Waals surface area contributed by atoms with Gasteiger partial charge in [-0.1, -0.05) is 30.3 Å².